The summed E-state index contributed by atoms with van der Waals surface area (Å²) in [6.07, 6.45) is -1.31. The zero-order chi connectivity index (χ0) is 35.4. The van der Waals surface area contributed by atoms with Crippen molar-refractivity contribution in [2.24, 2.45) is 5.92 Å². The summed E-state index contributed by atoms with van der Waals surface area (Å²) in [6.45, 7) is 3.40. The second-order valence-electron chi connectivity index (χ2n) is 11.9. The average molecular weight is 702 g/mol. The van der Waals surface area contributed by atoms with Crippen molar-refractivity contribution in [1.82, 2.24) is 19.5 Å². The maximum atomic E-state index is 12.9. The SMILES string of the molecule is COc1ccc(C(OC[C@@H]2C[C@H](O[P+](=O)[O-])[C@H](n3cnc4c(=O)[nH]c(NC(=O)C(C)C)nc43)O2)(c2ccccc2)c2ccc(OC)cc2)cc1. The third-order valence-corrected chi connectivity index (χ3v) is 8.94. The number of ether oxygens (including phenoxy) is 4. The van der Waals surface area contributed by atoms with Crippen LogP contribution in [0.4, 0.5) is 5.95 Å². The number of aromatic amines is 1. The van der Waals surface area contributed by atoms with Gasteiger partial charge in [0.25, 0.3) is 5.56 Å². The van der Waals surface area contributed by atoms with E-state index in [1.807, 2.05) is 78.9 Å². The van der Waals surface area contributed by atoms with Crippen molar-refractivity contribution in [1.29, 1.82) is 0 Å². The van der Waals surface area contributed by atoms with E-state index in [0.29, 0.717) is 11.5 Å². The van der Waals surface area contributed by atoms with Gasteiger partial charge in [0, 0.05) is 12.3 Å². The van der Waals surface area contributed by atoms with Crippen LogP contribution in [0.2, 0.25) is 0 Å². The van der Waals surface area contributed by atoms with Gasteiger partial charge < -0.3 is 23.8 Å². The van der Waals surface area contributed by atoms with Crippen molar-refractivity contribution in [3.8, 4) is 11.5 Å². The molecule has 5 aromatic rings. The van der Waals surface area contributed by atoms with Gasteiger partial charge in [-0.25, -0.2) is 4.98 Å². The highest BCUT2D eigenvalue weighted by molar-refractivity contribution is 7.30. The Hall–Kier alpha value is -4.98. The Morgan fingerprint density at radius 1 is 1.02 bits per heavy atom. The number of methoxy groups -OCH3 is 2. The number of fused-ring (bicyclic) bond motifs is 1. The summed E-state index contributed by atoms with van der Waals surface area (Å²) in [5, 5.41) is 2.58. The number of aromatic nitrogens is 4. The van der Waals surface area contributed by atoms with Crippen LogP contribution in [0, 0.1) is 5.92 Å². The third kappa shape index (κ3) is 7.02. The predicted octanol–water partition coefficient (Wildman–Crippen LogP) is 4.43. The lowest BCUT2D eigenvalue weighted by molar-refractivity contribution is -0.192. The van der Waals surface area contributed by atoms with Gasteiger partial charge >= 0.3 is 8.25 Å². The summed E-state index contributed by atoms with van der Waals surface area (Å²) >= 11 is 0. The smallest absolute Gasteiger partial charge is 0.488 e. The van der Waals surface area contributed by atoms with Crippen LogP contribution in [0.1, 0.15) is 43.2 Å². The molecule has 2 aromatic heterocycles. The van der Waals surface area contributed by atoms with Crippen molar-refractivity contribution < 1.29 is 37.7 Å². The molecule has 0 saturated carbocycles. The van der Waals surface area contributed by atoms with Crippen molar-refractivity contribution in [2.45, 2.75) is 44.3 Å². The van der Waals surface area contributed by atoms with E-state index in [-0.39, 0.29) is 42.0 Å². The lowest BCUT2D eigenvalue weighted by Gasteiger charge is -2.37. The Bertz CT molecular complexity index is 1970. The monoisotopic (exact) mass is 701 g/mol. The highest BCUT2D eigenvalue weighted by Crippen LogP contribution is 2.43. The van der Waals surface area contributed by atoms with E-state index in [2.05, 4.69) is 20.3 Å². The molecule has 1 saturated heterocycles. The number of nitrogens with one attached hydrogen (secondary N) is 2. The van der Waals surface area contributed by atoms with E-state index >= 15 is 0 Å². The molecule has 0 bridgehead atoms. The molecule has 1 aliphatic heterocycles. The molecule has 260 valence electrons. The Labute approximate surface area is 288 Å². The number of amides is 1. The number of carbonyl (C=O) groups is 1. The van der Waals surface area contributed by atoms with E-state index in [0.717, 1.165) is 16.7 Å². The Morgan fingerprint density at radius 3 is 2.18 bits per heavy atom. The Morgan fingerprint density at radius 2 is 1.62 bits per heavy atom. The van der Waals surface area contributed by atoms with Gasteiger partial charge in [-0.3, -0.25) is 24.5 Å². The molecule has 3 aromatic carbocycles. The van der Waals surface area contributed by atoms with Gasteiger partial charge in [0.05, 0.1) is 33.3 Å². The van der Waals surface area contributed by atoms with Gasteiger partial charge in [0.1, 0.15) is 17.1 Å². The molecule has 1 unspecified atom stereocenters. The quantitative estimate of drug-likeness (QED) is 0.131. The molecular weight excluding hydrogens is 665 g/mol. The zero-order valence-corrected chi connectivity index (χ0v) is 28.7. The zero-order valence-electron chi connectivity index (χ0n) is 27.8. The summed E-state index contributed by atoms with van der Waals surface area (Å²) in [5.74, 6) is 0.537. The van der Waals surface area contributed by atoms with Crippen LogP contribution < -0.4 is 25.2 Å². The molecule has 1 amide bonds. The highest BCUT2D eigenvalue weighted by atomic mass is 31.1. The molecule has 1 aliphatic rings. The third-order valence-electron chi connectivity index (χ3n) is 8.50. The van der Waals surface area contributed by atoms with Crippen LogP contribution in [0.15, 0.2) is 90.0 Å². The number of benzene rings is 3. The summed E-state index contributed by atoms with van der Waals surface area (Å²) in [4.78, 5) is 48.2. The highest BCUT2D eigenvalue weighted by Gasteiger charge is 2.45. The van der Waals surface area contributed by atoms with E-state index in [1.54, 1.807) is 28.1 Å². The first kappa shape index (κ1) is 34.9. The van der Waals surface area contributed by atoms with Crippen molar-refractivity contribution in [3.63, 3.8) is 0 Å². The second-order valence-corrected chi connectivity index (χ2v) is 12.6. The number of hydrogen-bond acceptors (Lipinski definition) is 11. The number of rotatable bonds is 13. The average Bonchev–Trinajstić information content (AvgIpc) is 3.73. The maximum absolute atomic E-state index is 12.9. The Balaban J connectivity index is 1.38. The summed E-state index contributed by atoms with van der Waals surface area (Å²) in [5.41, 5.74) is 0.748. The molecule has 50 heavy (non-hydrogen) atoms. The van der Waals surface area contributed by atoms with Gasteiger partial charge in [-0.2, -0.15) is 4.98 Å². The van der Waals surface area contributed by atoms with Crippen molar-refractivity contribution in [3.05, 3.63) is 112 Å². The van der Waals surface area contributed by atoms with Gasteiger partial charge in [0.2, 0.25) is 11.9 Å². The number of nitrogens with zero attached hydrogens (tertiary/aromatic N) is 3. The molecule has 0 aliphatic carbocycles. The van der Waals surface area contributed by atoms with Crippen LogP contribution in [-0.4, -0.2) is 58.5 Å². The molecule has 4 atom stereocenters. The van der Waals surface area contributed by atoms with Crippen LogP contribution in [0.5, 0.6) is 11.5 Å². The minimum Gasteiger partial charge on any atom is -0.566 e. The standard InChI is InChI=1S/C35H36N5O9P/c1-21(2)31(41)38-34-37-30-29(32(42)39-34)36-20-40(30)33-28(49-50(43)44)18-27(48-33)19-47-35(22-8-6-5-7-9-22,23-10-14-25(45-3)15-11-23)24-12-16-26(46-4)17-13-24/h5-17,20-21,27-28,33H,18-19H2,1-4H3,(H2,37,38,39,41,42)/t27-,28-,33+/m0/s1. The first-order valence-electron chi connectivity index (χ1n) is 15.9. The first-order chi connectivity index (χ1) is 24.1. The number of anilines is 1. The fourth-order valence-electron chi connectivity index (χ4n) is 6.00. The van der Waals surface area contributed by atoms with Crippen LogP contribution >= 0.6 is 8.25 Å². The minimum absolute atomic E-state index is 0.00467. The van der Waals surface area contributed by atoms with Crippen LogP contribution in [0.3, 0.4) is 0 Å². The fraction of sp³-hybridized carbons (Fsp3) is 0.314. The first-order valence-corrected chi connectivity index (χ1v) is 16.9. The molecule has 3 heterocycles. The summed E-state index contributed by atoms with van der Waals surface area (Å²) < 4.78 is 42.9. The topological polar surface area (TPSA) is 179 Å². The largest absolute Gasteiger partial charge is 0.566 e. The van der Waals surface area contributed by atoms with Crippen molar-refractivity contribution in [2.75, 3.05) is 26.1 Å². The minimum atomic E-state index is -3.28. The van der Waals surface area contributed by atoms with Crippen LogP contribution in [0.25, 0.3) is 11.2 Å². The van der Waals surface area contributed by atoms with E-state index in [1.165, 1.54) is 10.9 Å². The molecule has 0 radical (unpaired) electrons. The maximum Gasteiger partial charge on any atom is 0.488 e. The molecule has 0 spiro atoms. The number of imidazole rings is 1. The molecule has 2 N–H and O–H groups in total. The lowest BCUT2D eigenvalue weighted by Crippen LogP contribution is -2.35. The lowest BCUT2D eigenvalue weighted by atomic mass is 9.80. The van der Waals surface area contributed by atoms with E-state index in [9.17, 15) is 19.0 Å². The van der Waals surface area contributed by atoms with Gasteiger partial charge in [-0.1, -0.05) is 68.4 Å². The summed E-state index contributed by atoms with van der Waals surface area (Å²) in [6, 6.07) is 24.8. The van der Waals surface area contributed by atoms with Gasteiger partial charge in [-0.05, 0) is 45.5 Å². The number of carbonyl (C=O) groups excluding carboxylic acids is 1. The van der Waals surface area contributed by atoms with E-state index < -0.39 is 37.9 Å². The number of H-pyrrole nitrogens is 1. The Kier molecular flexibility index (Phi) is 10.4. The number of hydrogen-bond donors (Lipinski definition) is 2. The molecule has 6 rings (SSSR count). The predicted molar refractivity (Wildman–Crippen MR) is 181 cm³/mol. The normalized spacial score (nSPS) is 18.0. The second kappa shape index (κ2) is 14.9. The molecular formula is C35H36N5O9P. The molecule has 14 nitrogen and oxygen atoms in total. The van der Waals surface area contributed by atoms with Gasteiger partial charge in [-0.15, -0.1) is 4.52 Å². The van der Waals surface area contributed by atoms with Gasteiger partial charge in [0.15, 0.2) is 23.5 Å². The molecule has 1 fully saturated rings. The fourth-order valence-corrected chi connectivity index (χ4v) is 6.41. The summed E-state index contributed by atoms with van der Waals surface area (Å²) in [7, 11) is -0.0888. The van der Waals surface area contributed by atoms with Crippen molar-refractivity contribution >= 4 is 31.3 Å². The van der Waals surface area contributed by atoms with E-state index in [4.69, 9.17) is 23.5 Å². The van der Waals surface area contributed by atoms with Crippen LogP contribution in [-0.2, 0) is 29.0 Å². The molecule has 15 heteroatoms.